The van der Waals surface area contributed by atoms with Crippen molar-refractivity contribution in [3.05, 3.63) is 64.1 Å². The highest BCUT2D eigenvalue weighted by atomic mass is 35.5. The van der Waals surface area contributed by atoms with Crippen LogP contribution in [0.25, 0.3) is 0 Å². The summed E-state index contributed by atoms with van der Waals surface area (Å²) in [4.78, 5) is 0.193. The Morgan fingerprint density at radius 3 is 1.91 bits per heavy atom. The van der Waals surface area contributed by atoms with Gasteiger partial charge in [-0.2, -0.15) is 5.26 Å². The van der Waals surface area contributed by atoms with Crippen molar-refractivity contribution in [2.24, 2.45) is 5.92 Å². The molecule has 0 saturated heterocycles. The third-order valence-corrected chi connectivity index (χ3v) is 6.59. The highest BCUT2D eigenvalue weighted by Crippen LogP contribution is 2.53. The molecule has 0 aromatic heterocycles. The lowest BCUT2D eigenvalue weighted by Crippen LogP contribution is -2.10. The van der Waals surface area contributed by atoms with E-state index in [9.17, 15) is 13.7 Å². The Hall–Kier alpha value is -1.54. The molecule has 0 bridgehead atoms. The molecule has 22 heavy (non-hydrogen) atoms. The molecule has 6 heteroatoms. The Morgan fingerprint density at radius 1 is 0.909 bits per heavy atom. The van der Waals surface area contributed by atoms with Gasteiger partial charge in [0.2, 0.25) is 0 Å². The van der Waals surface area contributed by atoms with Crippen LogP contribution >= 0.6 is 23.2 Å². The lowest BCUT2D eigenvalue weighted by molar-refractivity contribution is 0.593. The van der Waals surface area contributed by atoms with E-state index in [4.69, 9.17) is 23.2 Å². The third-order valence-electron chi connectivity index (χ3n) is 3.86. The van der Waals surface area contributed by atoms with Crippen molar-refractivity contribution in [3.8, 4) is 6.07 Å². The minimum absolute atomic E-state index is 0.193. The van der Waals surface area contributed by atoms with Crippen molar-refractivity contribution in [1.29, 1.82) is 5.26 Å². The lowest BCUT2D eigenvalue weighted by atomic mass is 10.1. The molecule has 112 valence electrons. The predicted octanol–water partition coefficient (Wildman–Crippen LogP) is 4.07. The summed E-state index contributed by atoms with van der Waals surface area (Å²) in [6.45, 7) is 0. The summed E-state index contributed by atoms with van der Waals surface area (Å²) < 4.78 is 25.4. The van der Waals surface area contributed by atoms with Gasteiger partial charge in [0.05, 0.1) is 22.1 Å². The first-order chi connectivity index (χ1) is 10.4. The molecule has 3 nitrogen and oxygen atoms in total. The Bertz CT molecular complexity index is 839. The topological polar surface area (TPSA) is 57.9 Å². The van der Waals surface area contributed by atoms with E-state index < -0.39 is 21.0 Å². The standard InChI is InChI=1S/C16H11Cl2NO2S/c17-11-3-1-10(2-4-11)15-14(9-19)16(15)22(20,21)13-7-5-12(18)6-8-13/h1-8,14-16H/t14-,15+,16-/m1/s1. The second kappa shape index (κ2) is 5.58. The van der Waals surface area contributed by atoms with Crippen molar-refractivity contribution in [2.75, 3.05) is 0 Å². The largest absolute Gasteiger partial charge is 0.223 e. The summed E-state index contributed by atoms with van der Waals surface area (Å²) in [7, 11) is -3.57. The van der Waals surface area contributed by atoms with E-state index in [1.54, 1.807) is 24.3 Å². The molecule has 3 rings (SSSR count). The Balaban J connectivity index is 1.95. The average molecular weight is 352 g/mol. The number of nitrogens with zero attached hydrogens (tertiary/aromatic N) is 1. The SMILES string of the molecule is N#C[C@@H]1[C@H](c2ccc(Cl)cc2)[C@@H]1S(=O)(=O)c1ccc(Cl)cc1. The Morgan fingerprint density at radius 2 is 1.41 bits per heavy atom. The maximum atomic E-state index is 12.7. The minimum atomic E-state index is -3.57. The summed E-state index contributed by atoms with van der Waals surface area (Å²) in [5.41, 5.74) is 0.818. The smallest absolute Gasteiger partial charge is 0.183 e. The van der Waals surface area contributed by atoms with Crippen LogP contribution in [0, 0.1) is 17.2 Å². The Kier molecular flexibility index (Phi) is 3.90. The number of halogens is 2. The van der Waals surface area contributed by atoms with Crippen LogP contribution in [0.3, 0.4) is 0 Å². The number of rotatable bonds is 3. The van der Waals surface area contributed by atoms with Gasteiger partial charge in [-0.25, -0.2) is 8.42 Å². The van der Waals surface area contributed by atoms with Gasteiger partial charge in [-0.05, 0) is 42.0 Å². The van der Waals surface area contributed by atoms with Gasteiger partial charge >= 0.3 is 0 Å². The van der Waals surface area contributed by atoms with Crippen LogP contribution in [-0.4, -0.2) is 13.7 Å². The van der Waals surface area contributed by atoms with E-state index in [1.807, 2.05) is 0 Å². The fourth-order valence-corrected chi connectivity index (χ4v) is 5.01. The van der Waals surface area contributed by atoms with E-state index in [2.05, 4.69) is 6.07 Å². The highest BCUT2D eigenvalue weighted by molar-refractivity contribution is 7.92. The maximum Gasteiger partial charge on any atom is 0.183 e. The molecule has 0 aliphatic heterocycles. The molecule has 0 amide bonds. The molecular weight excluding hydrogens is 341 g/mol. The van der Waals surface area contributed by atoms with Gasteiger partial charge in [0.1, 0.15) is 0 Å². The van der Waals surface area contributed by atoms with Gasteiger partial charge in [0.25, 0.3) is 0 Å². The second-order valence-electron chi connectivity index (χ2n) is 5.20. The second-order valence-corrected chi connectivity index (χ2v) is 8.17. The van der Waals surface area contributed by atoms with Crippen LogP contribution in [0.1, 0.15) is 11.5 Å². The normalized spacial score (nSPS) is 23.8. The van der Waals surface area contributed by atoms with Crippen LogP contribution in [0.4, 0.5) is 0 Å². The molecule has 2 aromatic carbocycles. The molecule has 1 fully saturated rings. The minimum Gasteiger partial charge on any atom is -0.223 e. The van der Waals surface area contributed by atoms with Crippen LogP contribution in [-0.2, 0) is 9.84 Å². The van der Waals surface area contributed by atoms with Crippen molar-refractivity contribution < 1.29 is 8.42 Å². The molecule has 1 saturated carbocycles. The monoisotopic (exact) mass is 351 g/mol. The molecule has 0 N–H and O–H groups in total. The maximum absolute atomic E-state index is 12.7. The first kappa shape index (κ1) is 15.4. The summed E-state index contributed by atoms with van der Waals surface area (Å²) >= 11 is 11.6. The summed E-state index contributed by atoms with van der Waals surface area (Å²) in [6, 6.07) is 15.1. The van der Waals surface area contributed by atoms with Gasteiger partial charge in [-0.1, -0.05) is 35.3 Å². The van der Waals surface area contributed by atoms with Crippen LogP contribution in [0.5, 0.6) is 0 Å². The number of benzene rings is 2. The zero-order valence-corrected chi connectivity index (χ0v) is 13.6. The molecule has 0 radical (unpaired) electrons. The van der Waals surface area contributed by atoms with Gasteiger partial charge in [-0.3, -0.25) is 0 Å². The molecule has 1 aliphatic carbocycles. The van der Waals surface area contributed by atoms with Crippen molar-refractivity contribution in [2.45, 2.75) is 16.1 Å². The zero-order valence-electron chi connectivity index (χ0n) is 11.3. The molecular formula is C16H11Cl2NO2S. The van der Waals surface area contributed by atoms with Crippen molar-refractivity contribution >= 4 is 33.0 Å². The molecule has 1 aliphatic rings. The number of hydrogen-bond acceptors (Lipinski definition) is 3. The number of sulfone groups is 1. The van der Waals surface area contributed by atoms with Crippen LogP contribution < -0.4 is 0 Å². The van der Waals surface area contributed by atoms with Crippen molar-refractivity contribution in [1.82, 2.24) is 0 Å². The van der Waals surface area contributed by atoms with Gasteiger partial charge in [-0.15, -0.1) is 0 Å². The zero-order chi connectivity index (χ0) is 15.9. The fraction of sp³-hybridized carbons (Fsp3) is 0.188. The highest BCUT2D eigenvalue weighted by Gasteiger charge is 2.59. The molecule has 2 aromatic rings. The van der Waals surface area contributed by atoms with Crippen LogP contribution in [0.15, 0.2) is 53.4 Å². The van der Waals surface area contributed by atoms with E-state index >= 15 is 0 Å². The summed E-state index contributed by atoms with van der Waals surface area (Å²) in [6.07, 6.45) is 0. The van der Waals surface area contributed by atoms with Gasteiger partial charge in [0, 0.05) is 16.0 Å². The van der Waals surface area contributed by atoms with E-state index in [1.165, 1.54) is 24.3 Å². The quantitative estimate of drug-likeness (QED) is 0.837. The molecule has 3 atom stereocenters. The van der Waals surface area contributed by atoms with Crippen LogP contribution in [0.2, 0.25) is 10.0 Å². The van der Waals surface area contributed by atoms with Gasteiger partial charge in [0.15, 0.2) is 9.84 Å². The lowest BCUT2D eigenvalue weighted by Gasteiger charge is -2.04. The predicted molar refractivity (Wildman–Crippen MR) is 85.7 cm³/mol. The number of nitriles is 1. The third kappa shape index (κ3) is 2.61. The molecule has 0 unspecified atom stereocenters. The molecule has 0 spiro atoms. The first-order valence-electron chi connectivity index (χ1n) is 6.59. The Labute approximate surface area is 139 Å². The van der Waals surface area contributed by atoms with Gasteiger partial charge < -0.3 is 0 Å². The summed E-state index contributed by atoms with van der Waals surface area (Å²) in [5.74, 6) is -0.857. The average Bonchev–Trinajstić information content (AvgIpc) is 3.24. The number of hydrogen-bond donors (Lipinski definition) is 0. The van der Waals surface area contributed by atoms with E-state index in [0.29, 0.717) is 10.0 Å². The van der Waals surface area contributed by atoms with E-state index in [0.717, 1.165) is 5.56 Å². The first-order valence-corrected chi connectivity index (χ1v) is 8.90. The van der Waals surface area contributed by atoms with E-state index in [-0.39, 0.29) is 10.8 Å². The summed E-state index contributed by atoms with van der Waals surface area (Å²) in [5, 5.41) is 9.58. The van der Waals surface area contributed by atoms with Crippen molar-refractivity contribution in [3.63, 3.8) is 0 Å². The fourth-order valence-electron chi connectivity index (χ4n) is 2.69. The molecule has 0 heterocycles.